The number of ether oxygens (including phenoxy) is 1. The average Bonchev–Trinajstić information content (AvgIpc) is 3.30. The standard InChI is InChI=1S/C20H21N5O2/c1-11-7-14-9-17(27-16(14)8-12(11)2)20(26)22-15-5-3-13(4-6-15)19-23-18(10-21)24-25-19/h3-8,17H,9-10,21H2,1-2H3,(H,22,26)(H,23,24,25). The molecule has 1 amide bonds. The Bertz CT molecular complexity index is 963. The molecule has 2 aromatic carbocycles. The van der Waals surface area contributed by atoms with Crippen molar-refractivity contribution >= 4 is 11.6 Å². The summed E-state index contributed by atoms with van der Waals surface area (Å²) in [6.07, 6.45) is 0.0698. The molecule has 0 aliphatic carbocycles. The first-order chi connectivity index (χ1) is 13.0. The van der Waals surface area contributed by atoms with E-state index in [0.29, 0.717) is 30.3 Å². The Hall–Kier alpha value is -3.19. The molecule has 1 aromatic heterocycles. The molecular weight excluding hydrogens is 342 g/mol. The van der Waals surface area contributed by atoms with E-state index in [-0.39, 0.29) is 5.91 Å². The zero-order valence-corrected chi connectivity index (χ0v) is 15.2. The van der Waals surface area contributed by atoms with Gasteiger partial charge in [0.25, 0.3) is 5.91 Å². The molecule has 27 heavy (non-hydrogen) atoms. The van der Waals surface area contributed by atoms with Gasteiger partial charge in [0.2, 0.25) is 0 Å². The number of carbonyl (C=O) groups excluding carboxylic acids is 1. The van der Waals surface area contributed by atoms with Crippen LogP contribution in [0, 0.1) is 13.8 Å². The maximum Gasteiger partial charge on any atom is 0.265 e. The largest absolute Gasteiger partial charge is 0.480 e. The van der Waals surface area contributed by atoms with Gasteiger partial charge in [0.05, 0.1) is 6.54 Å². The molecule has 7 heteroatoms. The van der Waals surface area contributed by atoms with E-state index in [2.05, 4.69) is 33.5 Å². The van der Waals surface area contributed by atoms with Crippen molar-refractivity contribution < 1.29 is 9.53 Å². The summed E-state index contributed by atoms with van der Waals surface area (Å²) in [5.41, 5.74) is 10.5. The average molecular weight is 363 g/mol. The topological polar surface area (TPSA) is 106 Å². The molecule has 2 heterocycles. The number of amides is 1. The van der Waals surface area contributed by atoms with Gasteiger partial charge in [-0.3, -0.25) is 9.89 Å². The molecule has 138 valence electrons. The second-order valence-electron chi connectivity index (χ2n) is 6.73. The first-order valence-corrected chi connectivity index (χ1v) is 8.83. The van der Waals surface area contributed by atoms with Gasteiger partial charge in [-0.05, 0) is 60.9 Å². The number of aryl methyl sites for hydroxylation is 2. The molecule has 0 bridgehead atoms. The van der Waals surface area contributed by atoms with Crippen LogP contribution in [0.3, 0.4) is 0 Å². The Labute approximate surface area is 157 Å². The van der Waals surface area contributed by atoms with Crippen molar-refractivity contribution in [3.8, 4) is 17.1 Å². The van der Waals surface area contributed by atoms with E-state index in [1.54, 1.807) is 0 Å². The number of nitrogens with zero attached hydrogens (tertiary/aromatic N) is 2. The van der Waals surface area contributed by atoms with E-state index in [1.165, 1.54) is 5.56 Å². The molecule has 1 unspecified atom stereocenters. The first kappa shape index (κ1) is 17.2. The van der Waals surface area contributed by atoms with Gasteiger partial charge < -0.3 is 15.8 Å². The Morgan fingerprint density at radius 1 is 1.26 bits per heavy atom. The van der Waals surface area contributed by atoms with Gasteiger partial charge in [-0.15, -0.1) is 0 Å². The van der Waals surface area contributed by atoms with Crippen LogP contribution in [0.1, 0.15) is 22.5 Å². The van der Waals surface area contributed by atoms with Crippen LogP contribution < -0.4 is 15.8 Å². The van der Waals surface area contributed by atoms with Gasteiger partial charge in [-0.1, -0.05) is 6.07 Å². The van der Waals surface area contributed by atoms with Gasteiger partial charge in [-0.2, -0.15) is 5.10 Å². The van der Waals surface area contributed by atoms with Gasteiger partial charge in [0.1, 0.15) is 11.6 Å². The third-order valence-electron chi connectivity index (χ3n) is 4.78. The second kappa shape index (κ2) is 6.85. The maximum atomic E-state index is 12.6. The number of hydrogen-bond donors (Lipinski definition) is 3. The summed E-state index contributed by atoms with van der Waals surface area (Å²) in [5, 5.41) is 9.82. The highest BCUT2D eigenvalue weighted by Gasteiger charge is 2.29. The lowest BCUT2D eigenvalue weighted by Crippen LogP contribution is -2.31. The zero-order valence-electron chi connectivity index (χ0n) is 15.2. The highest BCUT2D eigenvalue weighted by molar-refractivity contribution is 5.95. The molecule has 1 atom stereocenters. The maximum absolute atomic E-state index is 12.6. The smallest absolute Gasteiger partial charge is 0.265 e. The number of benzene rings is 2. The van der Waals surface area contributed by atoms with Crippen molar-refractivity contribution in [2.45, 2.75) is 32.9 Å². The van der Waals surface area contributed by atoms with Crippen molar-refractivity contribution in [3.63, 3.8) is 0 Å². The molecule has 7 nitrogen and oxygen atoms in total. The van der Waals surface area contributed by atoms with Crippen molar-refractivity contribution in [2.24, 2.45) is 5.73 Å². The second-order valence-corrected chi connectivity index (χ2v) is 6.73. The molecule has 0 fully saturated rings. The van der Waals surface area contributed by atoms with Crippen molar-refractivity contribution in [2.75, 3.05) is 5.32 Å². The molecular formula is C20H21N5O2. The molecule has 0 spiro atoms. The van der Waals surface area contributed by atoms with Crippen LogP contribution in [0.4, 0.5) is 5.69 Å². The van der Waals surface area contributed by atoms with Crippen molar-refractivity contribution in [1.29, 1.82) is 0 Å². The van der Waals surface area contributed by atoms with Crippen LogP contribution in [0.5, 0.6) is 5.75 Å². The van der Waals surface area contributed by atoms with Crippen LogP contribution in [0.2, 0.25) is 0 Å². The molecule has 4 rings (SSSR count). The summed E-state index contributed by atoms with van der Waals surface area (Å²) >= 11 is 0. The van der Waals surface area contributed by atoms with Crippen LogP contribution in [-0.2, 0) is 17.8 Å². The molecule has 1 aliphatic heterocycles. The van der Waals surface area contributed by atoms with E-state index in [9.17, 15) is 4.79 Å². The predicted octanol–water partition coefficient (Wildman–Crippen LogP) is 2.49. The van der Waals surface area contributed by atoms with Crippen LogP contribution in [-0.4, -0.2) is 27.2 Å². The molecule has 0 saturated carbocycles. The molecule has 0 saturated heterocycles. The fraction of sp³-hybridized carbons (Fsp3) is 0.250. The minimum atomic E-state index is -0.513. The number of nitrogens with two attached hydrogens (primary N) is 1. The Morgan fingerprint density at radius 2 is 2.00 bits per heavy atom. The summed E-state index contributed by atoms with van der Waals surface area (Å²) < 4.78 is 5.84. The minimum Gasteiger partial charge on any atom is -0.480 e. The van der Waals surface area contributed by atoms with Crippen molar-refractivity contribution in [3.05, 3.63) is 58.9 Å². The zero-order chi connectivity index (χ0) is 19.0. The number of aromatic amines is 1. The SMILES string of the molecule is Cc1cc2c(cc1C)OC(C(=O)Nc1ccc(-c3n[nH]c(CN)n3)cc1)C2. The quantitative estimate of drug-likeness (QED) is 0.660. The molecule has 1 aliphatic rings. The fourth-order valence-corrected chi connectivity index (χ4v) is 3.10. The Morgan fingerprint density at radius 3 is 2.70 bits per heavy atom. The number of aromatic nitrogens is 3. The Balaban J connectivity index is 1.43. The summed E-state index contributed by atoms with van der Waals surface area (Å²) in [5.74, 6) is 1.85. The monoisotopic (exact) mass is 363 g/mol. The molecule has 0 radical (unpaired) electrons. The van der Waals surface area contributed by atoms with Crippen molar-refractivity contribution in [1.82, 2.24) is 15.2 Å². The lowest BCUT2D eigenvalue weighted by molar-refractivity contribution is -0.122. The van der Waals surface area contributed by atoms with Gasteiger partial charge in [0, 0.05) is 17.7 Å². The highest BCUT2D eigenvalue weighted by atomic mass is 16.5. The number of rotatable bonds is 4. The molecule has 4 N–H and O–H groups in total. The van der Waals surface area contributed by atoms with E-state index < -0.39 is 6.10 Å². The van der Waals surface area contributed by atoms with E-state index in [0.717, 1.165) is 22.4 Å². The van der Waals surface area contributed by atoms with Crippen LogP contribution in [0.25, 0.3) is 11.4 Å². The number of anilines is 1. The van der Waals surface area contributed by atoms with E-state index in [1.807, 2.05) is 37.3 Å². The third-order valence-corrected chi connectivity index (χ3v) is 4.78. The number of fused-ring (bicyclic) bond motifs is 1. The van der Waals surface area contributed by atoms with Crippen LogP contribution in [0.15, 0.2) is 36.4 Å². The molecule has 3 aromatic rings. The minimum absolute atomic E-state index is 0.155. The van der Waals surface area contributed by atoms with E-state index >= 15 is 0 Å². The normalized spacial score (nSPS) is 15.3. The lowest BCUT2D eigenvalue weighted by Gasteiger charge is -2.11. The predicted molar refractivity (Wildman–Crippen MR) is 102 cm³/mol. The highest BCUT2D eigenvalue weighted by Crippen LogP contribution is 2.32. The summed E-state index contributed by atoms with van der Waals surface area (Å²) in [7, 11) is 0. The van der Waals surface area contributed by atoms with Gasteiger partial charge >= 0.3 is 0 Å². The first-order valence-electron chi connectivity index (χ1n) is 8.83. The third kappa shape index (κ3) is 3.41. The number of H-pyrrole nitrogens is 1. The summed E-state index contributed by atoms with van der Waals surface area (Å²) in [6.45, 7) is 4.41. The number of carbonyl (C=O) groups is 1. The fourth-order valence-electron chi connectivity index (χ4n) is 3.10. The van der Waals surface area contributed by atoms with Gasteiger partial charge in [-0.25, -0.2) is 4.98 Å². The van der Waals surface area contributed by atoms with E-state index in [4.69, 9.17) is 10.5 Å². The Kier molecular flexibility index (Phi) is 4.37. The lowest BCUT2D eigenvalue weighted by atomic mass is 10.0. The van der Waals surface area contributed by atoms with Crippen LogP contribution >= 0.6 is 0 Å². The summed E-state index contributed by atoms with van der Waals surface area (Å²) in [4.78, 5) is 16.9. The number of nitrogens with one attached hydrogen (secondary N) is 2. The number of hydrogen-bond acceptors (Lipinski definition) is 5. The summed E-state index contributed by atoms with van der Waals surface area (Å²) in [6, 6.07) is 11.5. The van der Waals surface area contributed by atoms with Gasteiger partial charge in [0.15, 0.2) is 11.9 Å².